The number of hydrogen-bond acceptors (Lipinski definition) is 0. The van der Waals surface area contributed by atoms with E-state index in [1.807, 2.05) is 0 Å². The molecular weight excluding hydrogens is 124 g/mol. The molecule has 0 saturated carbocycles. The third-order valence-corrected chi connectivity index (χ3v) is 1.38. The molecule has 0 radical (unpaired) electrons. The molecule has 0 spiro atoms. The van der Waals surface area contributed by atoms with Crippen LogP contribution < -0.4 is 0 Å². The monoisotopic (exact) mass is 138 g/mol. The Bertz CT molecular complexity index is 158. The average Bonchev–Trinajstić information content (AvgIpc) is 1.91. The molecule has 0 saturated heterocycles. The Balaban J connectivity index is 0.000000810. The number of rotatable bonds is 2. The largest absolute Gasteiger partial charge is 0.412 e. The van der Waals surface area contributed by atoms with Gasteiger partial charge in [0.25, 0.3) is 0 Å². The van der Waals surface area contributed by atoms with E-state index in [2.05, 4.69) is 37.3 Å². The molecule has 0 aliphatic carbocycles. The molecule has 1 nitrogen and oxygen atoms in total. The zero-order chi connectivity index (χ0) is 6.53. The Labute approximate surface area is 62.0 Å². The highest BCUT2D eigenvalue weighted by Gasteiger charge is 1.84. The van der Waals surface area contributed by atoms with Crippen LogP contribution in [-0.2, 0) is 6.42 Å². The van der Waals surface area contributed by atoms with Crippen LogP contribution in [0.3, 0.4) is 0 Å². The predicted molar refractivity (Wildman–Crippen MR) is 44.1 cm³/mol. The molecule has 56 valence electrons. The van der Waals surface area contributed by atoms with Crippen molar-refractivity contribution in [2.45, 2.75) is 19.8 Å². The first-order chi connectivity index (χ1) is 4.43. The van der Waals surface area contributed by atoms with Gasteiger partial charge in [-0.25, -0.2) is 0 Å². The zero-order valence-corrected chi connectivity index (χ0v) is 6.30. The Kier molecular flexibility index (Phi) is 4.59. The highest BCUT2D eigenvalue weighted by atomic mass is 16.0. The lowest BCUT2D eigenvalue weighted by Crippen LogP contribution is -1.78. The van der Waals surface area contributed by atoms with Gasteiger partial charge >= 0.3 is 0 Å². The van der Waals surface area contributed by atoms with Crippen molar-refractivity contribution in [1.82, 2.24) is 0 Å². The van der Waals surface area contributed by atoms with Crippen molar-refractivity contribution in [2.75, 3.05) is 0 Å². The van der Waals surface area contributed by atoms with Crippen LogP contribution in [0.2, 0.25) is 0 Å². The molecule has 0 unspecified atom stereocenters. The predicted octanol–water partition coefficient (Wildman–Crippen LogP) is 1.81. The summed E-state index contributed by atoms with van der Waals surface area (Å²) in [6, 6.07) is 10.6. The van der Waals surface area contributed by atoms with Crippen molar-refractivity contribution in [3.63, 3.8) is 0 Å². The Morgan fingerprint density at radius 2 is 1.70 bits per heavy atom. The molecule has 1 aromatic carbocycles. The summed E-state index contributed by atoms with van der Waals surface area (Å²) in [6.45, 7) is 2.20. The van der Waals surface area contributed by atoms with E-state index in [1.165, 1.54) is 18.4 Å². The first kappa shape index (κ1) is 9.18. The van der Waals surface area contributed by atoms with Gasteiger partial charge in [-0.1, -0.05) is 43.7 Å². The fraction of sp³-hybridized carbons (Fsp3) is 0.333. The van der Waals surface area contributed by atoms with Gasteiger partial charge in [-0.05, 0) is 12.0 Å². The number of benzene rings is 1. The van der Waals surface area contributed by atoms with Crippen LogP contribution in [0.15, 0.2) is 30.3 Å². The number of hydrogen-bond donors (Lipinski definition) is 0. The van der Waals surface area contributed by atoms with E-state index in [4.69, 9.17) is 0 Å². The lowest BCUT2D eigenvalue weighted by Gasteiger charge is -1.93. The molecule has 1 heteroatoms. The van der Waals surface area contributed by atoms with E-state index in [9.17, 15) is 0 Å². The van der Waals surface area contributed by atoms with Gasteiger partial charge < -0.3 is 5.48 Å². The summed E-state index contributed by atoms with van der Waals surface area (Å²) in [5, 5.41) is 0. The van der Waals surface area contributed by atoms with E-state index in [-0.39, 0.29) is 5.48 Å². The van der Waals surface area contributed by atoms with Gasteiger partial charge in [-0.15, -0.1) is 0 Å². The molecule has 0 aliphatic rings. The molecule has 0 aromatic heterocycles. The van der Waals surface area contributed by atoms with E-state index in [1.54, 1.807) is 0 Å². The van der Waals surface area contributed by atoms with Crippen LogP contribution in [0, 0.1) is 0 Å². The maximum absolute atomic E-state index is 2.20. The molecule has 0 atom stereocenters. The van der Waals surface area contributed by atoms with Crippen molar-refractivity contribution in [3.05, 3.63) is 35.9 Å². The first-order valence-electron chi connectivity index (χ1n) is 3.47. The molecule has 10 heavy (non-hydrogen) atoms. The molecule has 0 aliphatic heterocycles. The van der Waals surface area contributed by atoms with Crippen LogP contribution >= 0.6 is 0 Å². The fourth-order valence-corrected chi connectivity index (χ4v) is 0.933. The average molecular weight is 138 g/mol. The van der Waals surface area contributed by atoms with Crippen molar-refractivity contribution < 1.29 is 5.48 Å². The quantitative estimate of drug-likeness (QED) is 0.597. The first-order valence-corrected chi connectivity index (χ1v) is 3.47. The zero-order valence-electron chi connectivity index (χ0n) is 6.30. The van der Waals surface area contributed by atoms with Crippen LogP contribution in [0.5, 0.6) is 0 Å². The second kappa shape index (κ2) is 5.00. The highest BCUT2D eigenvalue weighted by molar-refractivity contribution is 5.14. The van der Waals surface area contributed by atoms with Crippen LogP contribution in [0.4, 0.5) is 0 Å². The fourth-order valence-electron chi connectivity index (χ4n) is 0.933. The van der Waals surface area contributed by atoms with Gasteiger partial charge in [0, 0.05) is 0 Å². The lowest BCUT2D eigenvalue weighted by molar-refractivity contribution is 0.824. The minimum Gasteiger partial charge on any atom is -0.412 e. The lowest BCUT2D eigenvalue weighted by atomic mass is 10.1. The van der Waals surface area contributed by atoms with E-state index < -0.39 is 0 Å². The van der Waals surface area contributed by atoms with Crippen molar-refractivity contribution in [3.8, 4) is 0 Å². The van der Waals surface area contributed by atoms with Gasteiger partial charge in [0.2, 0.25) is 0 Å². The Morgan fingerprint density at radius 3 is 2.20 bits per heavy atom. The smallest absolute Gasteiger partial charge is 0.0281 e. The summed E-state index contributed by atoms with van der Waals surface area (Å²) in [6.07, 6.45) is 2.45. The van der Waals surface area contributed by atoms with Crippen LogP contribution in [0.1, 0.15) is 18.9 Å². The van der Waals surface area contributed by atoms with Crippen molar-refractivity contribution in [1.29, 1.82) is 0 Å². The van der Waals surface area contributed by atoms with Gasteiger partial charge in [0.05, 0.1) is 0 Å². The molecule has 1 aromatic rings. The Hall–Kier alpha value is -0.820. The summed E-state index contributed by atoms with van der Waals surface area (Å²) >= 11 is 0. The topological polar surface area (TPSA) is 31.5 Å². The third-order valence-electron chi connectivity index (χ3n) is 1.38. The molecule has 0 amide bonds. The molecule has 2 N–H and O–H groups in total. The van der Waals surface area contributed by atoms with Gasteiger partial charge in [-0.3, -0.25) is 0 Å². The van der Waals surface area contributed by atoms with Crippen LogP contribution in [0.25, 0.3) is 0 Å². The van der Waals surface area contributed by atoms with Crippen molar-refractivity contribution >= 4 is 0 Å². The minimum atomic E-state index is 0. The van der Waals surface area contributed by atoms with Gasteiger partial charge in [0.1, 0.15) is 0 Å². The van der Waals surface area contributed by atoms with E-state index in [0.717, 1.165) is 0 Å². The normalized spacial score (nSPS) is 8.50. The highest BCUT2D eigenvalue weighted by Crippen LogP contribution is 2.00. The summed E-state index contributed by atoms with van der Waals surface area (Å²) < 4.78 is 0. The maximum atomic E-state index is 2.20. The summed E-state index contributed by atoms with van der Waals surface area (Å²) in [7, 11) is 0. The second-order valence-corrected chi connectivity index (χ2v) is 2.24. The summed E-state index contributed by atoms with van der Waals surface area (Å²) in [5.41, 5.74) is 1.44. The van der Waals surface area contributed by atoms with Gasteiger partial charge in [-0.2, -0.15) is 0 Å². The van der Waals surface area contributed by atoms with Crippen molar-refractivity contribution in [2.24, 2.45) is 0 Å². The van der Waals surface area contributed by atoms with Crippen LogP contribution in [-0.4, -0.2) is 5.48 Å². The van der Waals surface area contributed by atoms with Gasteiger partial charge in [0.15, 0.2) is 0 Å². The summed E-state index contributed by atoms with van der Waals surface area (Å²) in [4.78, 5) is 0. The summed E-state index contributed by atoms with van der Waals surface area (Å²) in [5.74, 6) is 0. The van der Waals surface area contributed by atoms with E-state index >= 15 is 0 Å². The third kappa shape index (κ3) is 2.65. The maximum Gasteiger partial charge on any atom is -0.0281 e. The van der Waals surface area contributed by atoms with E-state index in [0.29, 0.717) is 0 Å². The standard InChI is InChI=1S/C9H12.H2O/c1-2-6-9-7-4-3-5-8-9;/h3-5,7-8H,2,6H2,1H3;1H2. The molecular formula is C9H14O. The molecule has 0 fully saturated rings. The minimum absolute atomic E-state index is 0. The second-order valence-electron chi connectivity index (χ2n) is 2.24. The molecule has 1 rings (SSSR count). The molecule has 0 heterocycles. The Morgan fingerprint density at radius 1 is 1.10 bits per heavy atom. The number of aryl methyl sites for hydroxylation is 1. The molecule has 0 bridgehead atoms. The SMILES string of the molecule is CCCc1ccccc1.O.